The Kier molecular flexibility index (Phi) is 6.53. The normalized spacial score (nSPS) is 16.7. The smallest absolute Gasteiger partial charge is 0.299 e. The lowest BCUT2D eigenvalue weighted by atomic mass is 9.97. The number of methoxy groups -OCH3 is 1. The fourth-order valence-electron chi connectivity index (χ4n) is 3.81. The topological polar surface area (TPSA) is 66.3 Å². The van der Waals surface area contributed by atoms with Crippen LogP contribution < -0.4 is 15.1 Å². The minimum absolute atomic E-state index is 0.111. The van der Waals surface area contributed by atoms with Gasteiger partial charge in [-0.3, -0.25) is 9.79 Å². The summed E-state index contributed by atoms with van der Waals surface area (Å²) in [5, 5.41) is 4.69. The Morgan fingerprint density at radius 2 is 2.13 bits per heavy atom. The van der Waals surface area contributed by atoms with Crippen molar-refractivity contribution in [3.05, 3.63) is 58.1 Å². The van der Waals surface area contributed by atoms with Gasteiger partial charge in [0.15, 0.2) is 0 Å². The highest BCUT2D eigenvalue weighted by atomic mass is 35.5. The molecule has 0 spiro atoms. The highest BCUT2D eigenvalue weighted by molar-refractivity contribution is 8.14. The van der Waals surface area contributed by atoms with Crippen molar-refractivity contribution in [1.29, 1.82) is 0 Å². The van der Waals surface area contributed by atoms with Gasteiger partial charge in [0.2, 0.25) is 0 Å². The van der Waals surface area contributed by atoms with E-state index in [-0.39, 0.29) is 11.3 Å². The Balaban J connectivity index is 1.72. The largest absolute Gasteiger partial charge is 0.495 e. The maximum absolute atomic E-state index is 11.4. The Labute approximate surface area is 191 Å². The van der Waals surface area contributed by atoms with Crippen molar-refractivity contribution >= 4 is 45.8 Å². The molecular weight excluding hydrogens is 432 g/mol. The molecule has 2 aromatic rings. The first kappa shape index (κ1) is 21.7. The van der Waals surface area contributed by atoms with Crippen LogP contribution in [0.5, 0.6) is 5.75 Å². The van der Waals surface area contributed by atoms with E-state index >= 15 is 0 Å². The maximum Gasteiger partial charge on any atom is 0.299 e. The second kappa shape index (κ2) is 9.32. The molecule has 4 rings (SSSR count). The molecule has 2 aromatic carbocycles. The summed E-state index contributed by atoms with van der Waals surface area (Å²) < 4.78 is 5.32. The Hall–Kier alpha value is -2.51. The van der Waals surface area contributed by atoms with Crippen LogP contribution in [0.2, 0.25) is 5.02 Å². The van der Waals surface area contributed by atoms with Crippen molar-refractivity contribution in [2.75, 3.05) is 24.3 Å². The second-order valence-corrected chi connectivity index (χ2v) is 9.10. The predicted molar refractivity (Wildman–Crippen MR) is 129 cm³/mol. The highest BCUT2D eigenvalue weighted by Crippen LogP contribution is 2.32. The molecule has 0 radical (unpaired) electrons. The van der Waals surface area contributed by atoms with E-state index in [1.54, 1.807) is 7.11 Å². The van der Waals surface area contributed by atoms with Crippen LogP contribution in [0.1, 0.15) is 37.0 Å². The van der Waals surface area contributed by atoms with Gasteiger partial charge in [-0.2, -0.15) is 5.10 Å². The molecule has 162 valence electrons. The van der Waals surface area contributed by atoms with Crippen LogP contribution in [-0.4, -0.2) is 42.2 Å². The van der Waals surface area contributed by atoms with Crippen molar-refractivity contribution in [2.24, 2.45) is 10.1 Å². The highest BCUT2D eigenvalue weighted by Gasteiger charge is 2.24. The van der Waals surface area contributed by atoms with Gasteiger partial charge in [0.25, 0.3) is 5.24 Å². The molecule has 0 saturated carbocycles. The summed E-state index contributed by atoms with van der Waals surface area (Å²) in [7, 11) is 1.61. The SMILES string of the molecule is COc1ccc(C(=NC(C)C)N2CCCc3cc(C4=NNC(=O)SC4)ccc32)cc1Cl. The summed E-state index contributed by atoms with van der Waals surface area (Å²) in [6, 6.07) is 12.3. The first-order valence-corrected chi connectivity index (χ1v) is 11.6. The van der Waals surface area contributed by atoms with Crippen LogP contribution in [0.15, 0.2) is 46.5 Å². The Morgan fingerprint density at radius 1 is 1.29 bits per heavy atom. The van der Waals surface area contributed by atoms with Crippen molar-refractivity contribution in [3.8, 4) is 5.75 Å². The number of amides is 1. The van der Waals surface area contributed by atoms with Crippen LogP contribution >= 0.6 is 23.4 Å². The van der Waals surface area contributed by atoms with Crippen LogP contribution in [0.3, 0.4) is 0 Å². The number of thioether (sulfide) groups is 1. The first-order valence-electron chi connectivity index (χ1n) is 10.3. The van der Waals surface area contributed by atoms with Crippen LogP contribution in [0.25, 0.3) is 0 Å². The van der Waals surface area contributed by atoms with E-state index in [4.69, 9.17) is 21.3 Å². The third-order valence-electron chi connectivity index (χ3n) is 5.20. The number of amidine groups is 1. The number of anilines is 1. The van der Waals surface area contributed by atoms with Gasteiger partial charge in [-0.15, -0.1) is 0 Å². The number of hydrogen-bond acceptors (Lipinski definition) is 5. The molecule has 0 bridgehead atoms. The van der Waals surface area contributed by atoms with Gasteiger partial charge in [0.05, 0.1) is 17.8 Å². The lowest BCUT2D eigenvalue weighted by Gasteiger charge is -2.33. The van der Waals surface area contributed by atoms with Crippen molar-refractivity contribution in [2.45, 2.75) is 32.7 Å². The molecule has 2 aliphatic rings. The van der Waals surface area contributed by atoms with E-state index in [2.05, 4.69) is 47.5 Å². The summed E-state index contributed by atoms with van der Waals surface area (Å²) in [4.78, 5) is 18.6. The third-order valence-corrected chi connectivity index (χ3v) is 6.27. The molecule has 31 heavy (non-hydrogen) atoms. The van der Waals surface area contributed by atoms with E-state index in [0.29, 0.717) is 16.5 Å². The molecular formula is C23H25ClN4O2S. The van der Waals surface area contributed by atoms with E-state index in [9.17, 15) is 4.79 Å². The van der Waals surface area contributed by atoms with E-state index in [0.717, 1.165) is 47.7 Å². The summed E-state index contributed by atoms with van der Waals surface area (Å²) >= 11 is 7.66. The van der Waals surface area contributed by atoms with Gasteiger partial charge in [-0.05, 0) is 68.1 Å². The van der Waals surface area contributed by atoms with Gasteiger partial charge < -0.3 is 9.64 Å². The molecule has 0 fully saturated rings. The number of aliphatic imine (C=N–C) groups is 1. The summed E-state index contributed by atoms with van der Waals surface area (Å²) in [6.45, 7) is 5.03. The molecule has 0 aliphatic carbocycles. The first-order chi connectivity index (χ1) is 15.0. The van der Waals surface area contributed by atoms with Crippen molar-refractivity contribution in [3.63, 3.8) is 0 Å². The molecule has 1 amide bonds. The molecule has 1 N–H and O–H groups in total. The molecule has 2 aliphatic heterocycles. The average Bonchev–Trinajstić information content (AvgIpc) is 2.77. The molecule has 0 unspecified atom stereocenters. The van der Waals surface area contributed by atoms with E-state index in [1.165, 1.54) is 17.3 Å². The number of benzene rings is 2. The number of carbonyl (C=O) groups is 1. The maximum atomic E-state index is 11.4. The zero-order valence-corrected chi connectivity index (χ0v) is 19.4. The van der Waals surface area contributed by atoms with Crippen molar-refractivity contribution in [1.82, 2.24) is 5.43 Å². The monoisotopic (exact) mass is 456 g/mol. The lowest BCUT2D eigenvalue weighted by molar-refractivity contribution is 0.261. The zero-order valence-electron chi connectivity index (χ0n) is 17.8. The number of nitrogens with zero attached hydrogens (tertiary/aromatic N) is 3. The standard InChI is InChI=1S/C23H25ClN4O2S/c1-14(2)25-22(17-7-9-21(30-3)18(24)12-17)28-10-4-5-16-11-15(6-8-20(16)28)19-13-31-23(29)27-26-19/h6-9,11-12,14H,4-5,10,13H2,1-3H3,(H,27,29). The number of hydrogen-bond donors (Lipinski definition) is 1. The fourth-order valence-corrected chi connectivity index (χ4v) is 4.67. The number of carbonyl (C=O) groups excluding carboxylic acids is 1. The Morgan fingerprint density at radius 3 is 2.81 bits per heavy atom. The van der Waals surface area contributed by atoms with Gasteiger partial charge in [-0.1, -0.05) is 29.4 Å². The predicted octanol–water partition coefficient (Wildman–Crippen LogP) is 5.12. The molecule has 8 heteroatoms. The van der Waals surface area contributed by atoms with E-state index < -0.39 is 0 Å². The molecule has 0 saturated heterocycles. The lowest BCUT2D eigenvalue weighted by Crippen LogP contribution is -2.37. The fraction of sp³-hybridized carbons (Fsp3) is 0.348. The second-order valence-electron chi connectivity index (χ2n) is 7.74. The molecule has 0 aromatic heterocycles. The van der Waals surface area contributed by atoms with Crippen molar-refractivity contribution < 1.29 is 9.53 Å². The third kappa shape index (κ3) is 4.72. The van der Waals surface area contributed by atoms with Gasteiger partial charge in [0, 0.05) is 29.6 Å². The summed E-state index contributed by atoms with van der Waals surface area (Å²) in [5.74, 6) is 2.14. The van der Waals surface area contributed by atoms with Crippen LogP contribution in [-0.2, 0) is 6.42 Å². The minimum Gasteiger partial charge on any atom is -0.495 e. The average molecular weight is 457 g/mol. The van der Waals surface area contributed by atoms with Crippen LogP contribution in [0, 0.1) is 0 Å². The quantitative estimate of drug-likeness (QED) is 0.512. The summed E-state index contributed by atoms with van der Waals surface area (Å²) in [5.41, 5.74) is 7.86. The molecule has 6 nitrogen and oxygen atoms in total. The minimum atomic E-state index is -0.111. The zero-order chi connectivity index (χ0) is 22.0. The van der Waals surface area contributed by atoms with Crippen LogP contribution in [0.4, 0.5) is 10.5 Å². The molecule has 0 atom stereocenters. The Bertz CT molecular complexity index is 1070. The number of fused-ring (bicyclic) bond motifs is 1. The number of nitrogens with one attached hydrogen (secondary N) is 1. The van der Waals surface area contributed by atoms with Gasteiger partial charge >= 0.3 is 0 Å². The number of hydrazone groups is 1. The van der Waals surface area contributed by atoms with Gasteiger partial charge in [0.1, 0.15) is 11.6 Å². The number of ether oxygens (including phenoxy) is 1. The van der Waals surface area contributed by atoms with Gasteiger partial charge in [-0.25, -0.2) is 5.43 Å². The number of halogens is 1. The van der Waals surface area contributed by atoms with E-state index in [1.807, 2.05) is 18.2 Å². The molecule has 2 heterocycles. The number of rotatable bonds is 4. The number of aryl methyl sites for hydroxylation is 1. The summed E-state index contributed by atoms with van der Waals surface area (Å²) in [6.07, 6.45) is 2.01.